The van der Waals surface area contributed by atoms with Gasteiger partial charge in [-0.2, -0.15) is 0 Å². The summed E-state index contributed by atoms with van der Waals surface area (Å²) in [7, 11) is 0.916. The highest BCUT2D eigenvalue weighted by Gasteiger charge is 2.19. The van der Waals surface area contributed by atoms with Crippen LogP contribution in [0.15, 0.2) is 18.2 Å². The van der Waals surface area contributed by atoms with Crippen LogP contribution in [0.25, 0.3) is 0 Å². The van der Waals surface area contributed by atoms with E-state index >= 15 is 0 Å². The molecule has 0 unspecified atom stereocenters. The van der Waals surface area contributed by atoms with Crippen molar-refractivity contribution in [2.45, 2.75) is 12.8 Å². The molecule has 13 heteroatoms. The number of esters is 2. The van der Waals surface area contributed by atoms with Gasteiger partial charge in [-0.3, -0.25) is 4.79 Å². The summed E-state index contributed by atoms with van der Waals surface area (Å²) in [6, 6.07) is 4.54. The van der Waals surface area contributed by atoms with Gasteiger partial charge < -0.3 is 19.2 Å². The lowest BCUT2D eigenvalue weighted by atomic mass is 10.1. The van der Waals surface area contributed by atoms with Crippen LogP contribution >= 0.6 is 10.8 Å². The Morgan fingerprint density at radius 3 is 2.52 bits per heavy atom. The zero-order valence-electron chi connectivity index (χ0n) is 16.2. The summed E-state index contributed by atoms with van der Waals surface area (Å²) in [4.78, 5) is 40.3. The van der Waals surface area contributed by atoms with E-state index in [2.05, 4.69) is 4.84 Å². The molecule has 11 nitrogen and oxygen atoms in total. The first-order chi connectivity index (χ1) is 13.5. The molecule has 162 valence electrons. The Bertz CT molecular complexity index is 841. The maximum atomic E-state index is 12.4. The van der Waals surface area contributed by atoms with Crippen molar-refractivity contribution in [2.75, 3.05) is 44.2 Å². The Labute approximate surface area is 171 Å². The second kappa shape index (κ2) is 11.5. The Kier molecular flexibility index (Phi) is 9.68. The minimum Gasteiger partial charge on any atom is -0.461 e. The van der Waals surface area contributed by atoms with Gasteiger partial charge in [0, 0.05) is 38.2 Å². The predicted molar refractivity (Wildman–Crippen MR) is 106 cm³/mol. The smallest absolute Gasteiger partial charge is 0.342 e. The third kappa shape index (κ3) is 9.99. The van der Waals surface area contributed by atoms with E-state index in [1.54, 1.807) is 25.1 Å². The highest BCUT2D eigenvalue weighted by molar-refractivity contribution is 8.71. The molecule has 1 aromatic rings. The summed E-state index contributed by atoms with van der Waals surface area (Å²) in [6.45, 7) is -0.400. The number of ether oxygens (including phenoxy) is 2. The molecule has 0 aliphatic carbocycles. The molecule has 0 bridgehead atoms. The van der Waals surface area contributed by atoms with Crippen molar-refractivity contribution in [1.29, 1.82) is 0 Å². The van der Waals surface area contributed by atoms with E-state index in [4.69, 9.17) is 9.47 Å². The summed E-state index contributed by atoms with van der Waals surface area (Å²) in [5.41, 5.74) is 0.650. The zero-order chi connectivity index (χ0) is 22.0. The number of carbonyl (C=O) groups excluding carboxylic acids is 2. The summed E-state index contributed by atoms with van der Waals surface area (Å²) >= 11 is 0. The molecule has 0 aliphatic heterocycles. The molecule has 0 saturated heterocycles. The summed E-state index contributed by atoms with van der Waals surface area (Å²) in [5.74, 6) is -1.45. The van der Waals surface area contributed by atoms with Gasteiger partial charge >= 0.3 is 11.9 Å². The Hall–Kier alpha value is -2.54. The quantitative estimate of drug-likeness (QED) is 0.114. The van der Waals surface area contributed by atoms with Crippen LogP contribution in [0.5, 0.6) is 5.75 Å². The Balaban J connectivity index is 2.79. The fourth-order valence-electron chi connectivity index (χ4n) is 1.97. The van der Waals surface area contributed by atoms with Crippen molar-refractivity contribution in [2.24, 2.45) is 0 Å². The lowest BCUT2D eigenvalue weighted by Crippen LogP contribution is -2.16. The number of carbonyl (C=O) groups is 2. The second-order valence-electron chi connectivity index (χ2n) is 5.87. The molecule has 0 atom stereocenters. The zero-order valence-corrected chi connectivity index (χ0v) is 17.8. The summed E-state index contributed by atoms with van der Waals surface area (Å²) in [6.07, 6.45) is 0.967. The largest absolute Gasteiger partial charge is 0.461 e. The standard InChI is InChI=1S/C16H22N2O9S2/c1-17(2)12-6-7-14(27-15(19)5-4-8-26-18(21)22)13(11-12)16(20)25-9-10-28-29(3,23)24/h6-7,11H,4-5,8-10H2,1-3H3. The number of anilines is 1. The molecule has 0 spiro atoms. The van der Waals surface area contributed by atoms with Crippen molar-refractivity contribution >= 4 is 37.3 Å². The van der Waals surface area contributed by atoms with Crippen molar-refractivity contribution in [3.05, 3.63) is 33.9 Å². The van der Waals surface area contributed by atoms with Crippen LogP contribution in [0, 0.1) is 10.1 Å². The Morgan fingerprint density at radius 2 is 1.93 bits per heavy atom. The van der Waals surface area contributed by atoms with E-state index in [1.165, 1.54) is 12.1 Å². The minimum absolute atomic E-state index is 0.00422. The number of hydrogen-bond acceptors (Lipinski definition) is 11. The van der Waals surface area contributed by atoms with Crippen molar-refractivity contribution < 1.29 is 37.4 Å². The van der Waals surface area contributed by atoms with Gasteiger partial charge in [-0.05, 0) is 35.4 Å². The van der Waals surface area contributed by atoms with Crippen LogP contribution < -0.4 is 9.64 Å². The van der Waals surface area contributed by atoms with E-state index in [1.807, 2.05) is 0 Å². The van der Waals surface area contributed by atoms with Crippen LogP contribution in [0.1, 0.15) is 23.2 Å². The lowest BCUT2D eigenvalue weighted by molar-refractivity contribution is -0.757. The molecular formula is C16H22N2O9S2. The lowest BCUT2D eigenvalue weighted by Gasteiger charge is -2.16. The van der Waals surface area contributed by atoms with Gasteiger partial charge in [0.15, 0.2) is 8.87 Å². The average molecular weight is 450 g/mol. The minimum atomic E-state index is -3.25. The fraction of sp³-hybridized carbons (Fsp3) is 0.500. The van der Waals surface area contributed by atoms with Crippen LogP contribution in [-0.4, -0.2) is 64.8 Å². The van der Waals surface area contributed by atoms with E-state index in [0.29, 0.717) is 16.5 Å². The predicted octanol–water partition coefficient (Wildman–Crippen LogP) is 1.50. The van der Waals surface area contributed by atoms with Crippen LogP contribution in [-0.2, 0) is 23.2 Å². The summed E-state index contributed by atoms with van der Waals surface area (Å²) in [5, 5.41) is 9.12. The first-order valence-corrected chi connectivity index (χ1v) is 11.7. The molecular weight excluding hydrogens is 428 g/mol. The van der Waals surface area contributed by atoms with Gasteiger partial charge in [0.2, 0.25) is 0 Å². The normalized spacial score (nSPS) is 10.9. The maximum Gasteiger partial charge on any atom is 0.342 e. The molecule has 0 aliphatic rings. The number of hydrogen-bond donors (Lipinski definition) is 0. The van der Waals surface area contributed by atoms with Crippen molar-refractivity contribution in [3.63, 3.8) is 0 Å². The highest BCUT2D eigenvalue weighted by Crippen LogP contribution is 2.26. The van der Waals surface area contributed by atoms with Gasteiger partial charge in [-0.15, -0.1) is 10.1 Å². The van der Waals surface area contributed by atoms with E-state index in [-0.39, 0.29) is 43.1 Å². The molecule has 1 rings (SSSR count). The number of benzene rings is 1. The van der Waals surface area contributed by atoms with Crippen LogP contribution in [0.3, 0.4) is 0 Å². The molecule has 0 amide bonds. The van der Waals surface area contributed by atoms with Gasteiger partial charge in [0.25, 0.3) is 5.09 Å². The van der Waals surface area contributed by atoms with E-state index in [9.17, 15) is 28.1 Å². The third-order valence-corrected chi connectivity index (χ3v) is 5.81. The number of rotatable bonds is 12. The molecule has 1 aromatic carbocycles. The molecule has 29 heavy (non-hydrogen) atoms. The third-order valence-electron chi connectivity index (χ3n) is 3.26. The van der Waals surface area contributed by atoms with Gasteiger partial charge in [0.05, 0.1) is 6.61 Å². The second-order valence-corrected chi connectivity index (χ2v) is 10.4. The van der Waals surface area contributed by atoms with Crippen molar-refractivity contribution in [1.82, 2.24) is 0 Å². The summed E-state index contributed by atoms with van der Waals surface area (Å²) < 4.78 is 32.5. The maximum absolute atomic E-state index is 12.4. The topological polar surface area (TPSA) is 142 Å². The molecule has 0 saturated carbocycles. The molecule has 0 aromatic heterocycles. The monoisotopic (exact) mass is 450 g/mol. The first kappa shape index (κ1) is 24.5. The van der Waals surface area contributed by atoms with E-state index < -0.39 is 25.9 Å². The van der Waals surface area contributed by atoms with Crippen molar-refractivity contribution in [3.8, 4) is 5.75 Å². The molecule has 0 heterocycles. The fourth-order valence-corrected chi connectivity index (χ4v) is 3.54. The van der Waals surface area contributed by atoms with Crippen LogP contribution in [0.2, 0.25) is 0 Å². The highest BCUT2D eigenvalue weighted by atomic mass is 33.1. The molecule has 0 fully saturated rings. The van der Waals surface area contributed by atoms with Gasteiger partial charge in [-0.25, -0.2) is 13.2 Å². The van der Waals surface area contributed by atoms with E-state index in [0.717, 1.165) is 6.26 Å². The Morgan fingerprint density at radius 1 is 1.24 bits per heavy atom. The van der Waals surface area contributed by atoms with Crippen LogP contribution in [0.4, 0.5) is 5.69 Å². The van der Waals surface area contributed by atoms with Gasteiger partial charge in [-0.1, -0.05) is 0 Å². The number of nitrogens with zero attached hydrogens (tertiary/aromatic N) is 2. The SMILES string of the molecule is CN(C)c1ccc(OC(=O)CCCO[N+](=O)[O-])c(C(=O)OCCSS(C)(=O)=O)c1. The molecule has 0 radical (unpaired) electrons. The first-order valence-electron chi connectivity index (χ1n) is 8.30. The average Bonchev–Trinajstić information content (AvgIpc) is 2.61. The van der Waals surface area contributed by atoms with Gasteiger partial charge in [0.1, 0.15) is 17.9 Å². The molecule has 0 N–H and O–H groups in total.